The second-order valence-corrected chi connectivity index (χ2v) is 19.6. The number of primary amides is 1. The van der Waals surface area contributed by atoms with Gasteiger partial charge in [0.05, 0.1) is 6.54 Å². The van der Waals surface area contributed by atoms with E-state index in [0.717, 1.165) is 0 Å². The third-order valence-electron chi connectivity index (χ3n) is 5.73. The van der Waals surface area contributed by atoms with E-state index in [-0.39, 0.29) is 22.5 Å². The van der Waals surface area contributed by atoms with Gasteiger partial charge >= 0.3 is 0 Å². The third-order valence-corrected chi connectivity index (χ3v) is 14.8. The lowest BCUT2D eigenvalue weighted by atomic mass is 10.2. The molecule has 0 aliphatic rings. The molecule has 5 nitrogen and oxygen atoms in total. The summed E-state index contributed by atoms with van der Waals surface area (Å²) in [6.07, 6.45) is 0. The first-order valence-corrected chi connectivity index (χ1v) is 15.1. The van der Waals surface area contributed by atoms with E-state index in [1.54, 1.807) is 0 Å². The molecule has 0 fully saturated rings. The molecule has 0 spiro atoms. The third kappa shape index (κ3) is 8.81. The number of hydrogen-bond acceptors (Lipinski definition) is 4. The molecule has 0 unspecified atom stereocenters. The van der Waals surface area contributed by atoms with Crippen molar-refractivity contribution in [2.75, 3.05) is 32.8 Å². The number of carbonyl (C=O) groups is 1. The molecule has 0 aromatic heterocycles. The smallest absolute Gasteiger partial charge is 0.231 e. The van der Waals surface area contributed by atoms with Crippen LogP contribution in [0, 0.1) is 0 Å². The predicted octanol–water partition coefficient (Wildman–Crippen LogP) is 3.82. The first kappa shape index (κ1) is 24.8. The summed E-state index contributed by atoms with van der Waals surface area (Å²) in [6, 6.07) is 0. The molecule has 2 N–H and O–H groups in total. The molecular formula is C18H42N2O3Si2. The predicted molar refractivity (Wildman–Crippen MR) is 112 cm³/mol. The van der Waals surface area contributed by atoms with Crippen LogP contribution in [-0.4, -0.2) is 60.3 Å². The van der Waals surface area contributed by atoms with Crippen molar-refractivity contribution in [1.82, 2.24) is 4.90 Å². The molecule has 0 rings (SSSR count). The summed E-state index contributed by atoms with van der Waals surface area (Å²) in [5, 5.41) is 0.375. The highest BCUT2D eigenvalue weighted by atomic mass is 28.4. The Kier molecular flexibility index (Phi) is 9.05. The van der Waals surface area contributed by atoms with Gasteiger partial charge in [0.1, 0.15) is 0 Å². The van der Waals surface area contributed by atoms with Gasteiger partial charge in [0.2, 0.25) is 5.91 Å². The van der Waals surface area contributed by atoms with Crippen LogP contribution in [0.1, 0.15) is 41.5 Å². The zero-order valence-corrected chi connectivity index (χ0v) is 20.3. The Hall–Kier alpha value is -0.216. The van der Waals surface area contributed by atoms with Crippen molar-refractivity contribution in [3.63, 3.8) is 0 Å². The maximum atomic E-state index is 11.4. The maximum Gasteiger partial charge on any atom is 0.231 e. The Morgan fingerprint density at radius 1 is 0.840 bits per heavy atom. The lowest BCUT2D eigenvalue weighted by Gasteiger charge is -2.37. The standard InChI is InChI=1S/C18H42N2O3Si2/c1-17(2,3)24(7,8)22-13-11-20(15-16(19)21)12-14-23-25(9,10)18(4,5)6/h11-15H2,1-10H3,(H2,19,21). The first-order valence-electron chi connectivity index (χ1n) is 9.28. The zero-order valence-electron chi connectivity index (χ0n) is 18.3. The van der Waals surface area contributed by atoms with Crippen molar-refractivity contribution in [2.24, 2.45) is 5.73 Å². The van der Waals surface area contributed by atoms with Crippen LogP contribution in [0.25, 0.3) is 0 Å². The van der Waals surface area contributed by atoms with Crippen LogP contribution in [0.5, 0.6) is 0 Å². The molecule has 0 saturated carbocycles. The molecule has 0 aliphatic heterocycles. The van der Waals surface area contributed by atoms with Crippen LogP contribution in [-0.2, 0) is 13.6 Å². The van der Waals surface area contributed by atoms with Crippen molar-refractivity contribution < 1.29 is 13.6 Å². The Bertz CT molecular complexity index is 395. The Labute approximate surface area is 157 Å². The average molecular weight is 391 g/mol. The molecule has 7 heteroatoms. The van der Waals surface area contributed by atoms with Crippen LogP contribution in [0.2, 0.25) is 36.3 Å². The summed E-state index contributed by atoms with van der Waals surface area (Å²) in [5.74, 6) is -0.306. The van der Waals surface area contributed by atoms with Crippen LogP contribution in [0.15, 0.2) is 0 Å². The van der Waals surface area contributed by atoms with Gasteiger partial charge < -0.3 is 14.6 Å². The Morgan fingerprint density at radius 2 is 1.16 bits per heavy atom. The fourth-order valence-electron chi connectivity index (χ4n) is 1.78. The molecule has 0 atom stereocenters. The lowest BCUT2D eigenvalue weighted by Crippen LogP contribution is -2.46. The molecule has 25 heavy (non-hydrogen) atoms. The number of amides is 1. The van der Waals surface area contributed by atoms with Crippen molar-refractivity contribution in [3.8, 4) is 0 Å². The summed E-state index contributed by atoms with van der Waals surface area (Å²) >= 11 is 0. The number of hydrogen-bond donors (Lipinski definition) is 1. The van der Waals surface area contributed by atoms with Gasteiger partial charge in [-0.2, -0.15) is 0 Å². The summed E-state index contributed by atoms with van der Waals surface area (Å²) in [6.45, 7) is 25.3. The number of nitrogens with two attached hydrogens (primary N) is 1. The number of nitrogens with zero attached hydrogens (tertiary/aromatic N) is 1. The van der Waals surface area contributed by atoms with E-state index >= 15 is 0 Å². The summed E-state index contributed by atoms with van der Waals surface area (Å²) in [4.78, 5) is 13.4. The van der Waals surface area contributed by atoms with Crippen LogP contribution < -0.4 is 5.73 Å². The fraction of sp³-hybridized carbons (Fsp3) is 0.944. The highest BCUT2D eigenvalue weighted by molar-refractivity contribution is 6.74. The molecule has 0 aromatic rings. The minimum Gasteiger partial charge on any atom is -0.416 e. The second-order valence-electron chi connectivity index (χ2n) is 9.96. The number of carbonyl (C=O) groups excluding carboxylic acids is 1. The van der Waals surface area contributed by atoms with Crippen molar-refractivity contribution in [3.05, 3.63) is 0 Å². The van der Waals surface area contributed by atoms with Crippen molar-refractivity contribution >= 4 is 22.5 Å². The van der Waals surface area contributed by atoms with Crippen molar-refractivity contribution in [2.45, 2.75) is 77.8 Å². The van der Waals surface area contributed by atoms with E-state index in [2.05, 4.69) is 67.7 Å². The maximum absolute atomic E-state index is 11.4. The minimum atomic E-state index is -1.76. The largest absolute Gasteiger partial charge is 0.416 e. The quantitative estimate of drug-likeness (QED) is 0.576. The van der Waals surface area contributed by atoms with Gasteiger partial charge in [0.15, 0.2) is 16.6 Å². The molecule has 0 radical (unpaired) electrons. The van der Waals surface area contributed by atoms with Crippen LogP contribution >= 0.6 is 0 Å². The summed E-state index contributed by atoms with van der Waals surface area (Å²) in [7, 11) is -3.53. The monoisotopic (exact) mass is 390 g/mol. The van der Waals surface area contributed by atoms with Crippen molar-refractivity contribution in [1.29, 1.82) is 0 Å². The molecular weight excluding hydrogens is 348 g/mol. The molecule has 0 aliphatic carbocycles. The molecule has 0 heterocycles. The van der Waals surface area contributed by atoms with Gasteiger partial charge in [-0.15, -0.1) is 0 Å². The van der Waals surface area contributed by atoms with E-state index in [0.29, 0.717) is 26.3 Å². The van der Waals surface area contributed by atoms with E-state index in [1.165, 1.54) is 0 Å². The van der Waals surface area contributed by atoms with Gasteiger partial charge in [0, 0.05) is 26.3 Å². The van der Waals surface area contributed by atoms with E-state index in [1.807, 2.05) is 4.90 Å². The van der Waals surface area contributed by atoms with Gasteiger partial charge in [-0.1, -0.05) is 41.5 Å². The van der Waals surface area contributed by atoms with Crippen LogP contribution in [0.3, 0.4) is 0 Å². The highest BCUT2D eigenvalue weighted by Gasteiger charge is 2.38. The molecule has 0 aromatic carbocycles. The average Bonchev–Trinajstić information content (AvgIpc) is 2.34. The van der Waals surface area contributed by atoms with Gasteiger partial charge in [-0.25, -0.2) is 0 Å². The zero-order chi connectivity index (χ0) is 20.1. The first-order chi connectivity index (χ1) is 11.0. The lowest BCUT2D eigenvalue weighted by molar-refractivity contribution is -0.119. The second kappa shape index (κ2) is 9.12. The van der Waals surface area contributed by atoms with E-state index in [4.69, 9.17) is 14.6 Å². The molecule has 0 saturated heterocycles. The number of rotatable bonds is 10. The Balaban J connectivity index is 4.56. The van der Waals surface area contributed by atoms with Gasteiger partial charge in [-0.05, 0) is 36.3 Å². The van der Waals surface area contributed by atoms with Gasteiger partial charge in [-0.3, -0.25) is 9.69 Å². The minimum absolute atomic E-state index is 0.187. The summed E-state index contributed by atoms with van der Waals surface area (Å²) < 4.78 is 12.4. The molecule has 0 bridgehead atoms. The van der Waals surface area contributed by atoms with E-state index in [9.17, 15) is 4.79 Å². The normalized spacial score (nSPS) is 14.2. The van der Waals surface area contributed by atoms with Crippen LogP contribution in [0.4, 0.5) is 0 Å². The SMILES string of the molecule is CC(C)(C)[Si](C)(C)OCCN(CCO[Si](C)(C)C(C)(C)C)CC(N)=O. The topological polar surface area (TPSA) is 64.8 Å². The Morgan fingerprint density at radius 3 is 1.40 bits per heavy atom. The fourth-order valence-corrected chi connectivity index (χ4v) is 3.85. The molecule has 150 valence electrons. The van der Waals surface area contributed by atoms with Gasteiger partial charge in [0.25, 0.3) is 0 Å². The molecule has 1 amide bonds. The highest BCUT2D eigenvalue weighted by Crippen LogP contribution is 2.37. The summed E-state index contributed by atoms with van der Waals surface area (Å²) in [5.41, 5.74) is 5.40. The van der Waals surface area contributed by atoms with E-state index < -0.39 is 16.6 Å².